The zero-order valence-corrected chi connectivity index (χ0v) is 26.3. The third-order valence-corrected chi connectivity index (χ3v) is 8.90. The number of hydrogen-bond donors (Lipinski definition) is 1. The van der Waals surface area contributed by atoms with Crippen molar-refractivity contribution in [1.82, 2.24) is 5.43 Å². The molecular formula is C36H28N3OPPdS. The minimum absolute atomic E-state index is 0. The SMILES string of the molecule is [O-]c1cc2ccccc2cc1/C=N/NC([S-])=Nc1ccccc1.[Pd+2].c1ccc(P(c2ccccc2)c2ccccc2)cc1. The van der Waals surface area contributed by atoms with E-state index >= 15 is 0 Å². The smallest absolute Gasteiger partial charge is 0.872 e. The van der Waals surface area contributed by atoms with Crippen LogP contribution in [0.2, 0.25) is 0 Å². The van der Waals surface area contributed by atoms with Gasteiger partial charge in [0.25, 0.3) is 0 Å². The van der Waals surface area contributed by atoms with E-state index in [1.807, 2.05) is 54.6 Å². The molecule has 7 heteroatoms. The van der Waals surface area contributed by atoms with Crippen molar-refractivity contribution in [2.24, 2.45) is 10.1 Å². The average molecular weight is 688 g/mol. The van der Waals surface area contributed by atoms with Gasteiger partial charge in [-0.3, -0.25) is 10.4 Å². The first-order chi connectivity index (χ1) is 20.7. The van der Waals surface area contributed by atoms with E-state index in [-0.39, 0.29) is 31.3 Å². The Balaban J connectivity index is 0.000000195. The Morgan fingerprint density at radius 3 is 1.51 bits per heavy atom. The number of hydrazone groups is 1. The number of aliphatic imine (C=N–C) groups is 1. The largest absolute Gasteiger partial charge is 2.00 e. The number of amidine groups is 1. The first-order valence-electron chi connectivity index (χ1n) is 13.4. The van der Waals surface area contributed by atoms with Crippen molar-refractivity contribution >= 4 is 64.3 Å². The molecule has 0 saturated heterocycles. The maximum absolute atomic E-state index is 12.0. The van der Waals surface area contributed by atoms with Crippen LogP contribution in [0.15, 0.2) is 168 Å². The molecule has 0 fully saturated rings. The first kappa shape index (κ1) is 31.8. The minimum Gasteiger partial charge on any atom is -0.872 e. The van der Waals surface area contributed by atoms with Crippen molar-refractivity contribution < 1.29 is 25.5 Å². The molecule has 0 amide bonds. The molecule has 0 aliphatic heterocycles. The van der Waals surface area contributed by atoms with E-state index in [2.05, 4.69) is 107 Å². The molecule has 0 spiro atoms. The second kappa shape index (κ2) is 16.5. The Morgan fingerprint density at radius 2 is 1.02 bits per heavy atom. The van der Waals surface area contributed by atoms with Crippen LogP contribution in [0, 0.1) is 0 Å². The van der Waals surface area contributed by atoms with Crippen LogP contribution in [0.4, 0.5) is 5.69 Å². The molecule has 1 N–H and O–H groups in total. The van der Waals surface area contributed by atoms with Crippen LogP contribution >= 0.6 is 7.92 Å². The van der Waals surface area contributed by atoms with Gasteiger partial charge in [-0.05, 0) is 58.4 Å². The van der Waals surface area contributed by atoms with Gasteiger partial charge in [0.05, 0.1) is 11.9 Å². The molecular weight excluding hydrogens is 660 g/mol. The Bertz CT molecular complexity index is 1680. The molecule has 4 nitrogen and oxygen atoms in total. The molecule has 0 radical (unpaired) electrons. The van der Waals surface area contributed by atoms with E-state index < -0.39 is 7.92 Å². The summed E-state index contributed by atoms with van der Waals surface area (Å²) in [5.74, 6) is -0.0832. The third-order valence-electron chi connectivity index (χ3n) is 6.27. The van der Waals surface area contributed by atoms with E-state index in [0.717, 1.165) is 16.5 Å². The van der Waals surface area contributed by atoms with Crippen LogP contribution in [0.3, 0.4) is 0 Å². The Labute approximate surface area is 273 Å². The van der Waals surface area contributed by atoms with Gasteiger partial charge in [0.15, 0.2) is 0 Å². The van der Waals surface area contributed by atoms with Crippen LogP contribution in [0.1, 0.15) is 5.56 Å². The molecule has 0 heterocycles. The number of fused-ring (bicyclic) bond motifs is 1. The van der Waals surface area contributed by atoms with Gasteiger partial charge in [-0.25, -0.2) is 0 Å². The fourth-order valence-electron chi connectivity index (χ4n) is 4.32. The topological polar surface area (TPSA) is 59.8 Å². The predicted octanol–water partition coefficient (Wildman–Crippen LogP) is 6.51. The molecule has 0 atom stereocenters. The zero-order valence-electron chi connectivity index (χ0n) is 23.1. The van der Waals surface area contributed by atoms with Crippen LogP contribution < -0.4 is 26.4 Å². The van der Waals surface area contributed by atoms with Gasteiger partial charge in [-0.1, -0.05) is 145 Å². The van der Waals surface area contributed by atoms with Gasteiger partial charge < -0.3 is 17.7 Å². The van der Waals surface area contributed by atoms with Crippen molar-refractivity contribution in [2.45, 2.75) is 0 Å². The quantitative estimate of drug-likeness (QED) is 0.0543. The second-order valence-corrected chi connectivity index (χ2v) is 11.8. The number of nitrogens with one attached hydrogen (secondary N) is 1. The Hall–Kier alpha value is -4.17. The van der Waals surface area contributed by atoms with Gasteiger partial charge in [0, 0.05) is 5.17 Å². The molecule has 0 unspecified atom stereocenters. The standard InChI is InChI=1S/C18H15N3OS.C18H15P.Pd/c22-17-11-14-7-5-4-6-13(14)10-15(17)12-19-21-18(23)20-16-8-2-1-3-9-16;1-4-10-16(11-5-1)19(17-12-6-2-7-13-17)18-14-8-3-9-15-18;/h1-12,22H,(H2,20,21,23);1-15H;/q;;+2/p-2/b19-12+;;. The van der Waals surface area contributed by atoms with E-state index in [1.54, 1.807) is 12.1 Å². The summed E-state index contributed by atoms with van der Waals surface area (Å²) < 4.78 is 0. The zero-order chi connectivity index (χ0) is 29.0. The summed E-state index contributed by atoms with van der Waals surface area (Å²) in [6.07, 6.45) is 1.46. The summed E-state index contributed by atoms with van der Waals surface area (Å²) in [6.45, 7) is 0. The number of para-hydroxylation sites is 1. The summed E-state index contributed by atoms with van der Waals surface area (Å²) in [6, 6.07) is 52.8. The molecule has 0 aliphatic rings. The van der Waals surface area contributed by atoms with Crippen LogP contribution in [0.5, 0.6) is 5.75 Å². The maximum Gasteiger partial charge on any atom is 2.00 e. The molecule has 0 aromatic heterocycles. The molecule has 6 rings (SSSR count). The average Bonchev–Trinajstić information content (AvgIpc) is 3.04. The number of hydrogen-bond acceptors (Lipinski definition) is 4. The molecule has 0 saturated carbocycles. The van der Waals surface area contributed by atoms with Crippen molar-refractivity contribution in [3.63, 3.8) is 0 Å². The van der Waals surface area contributed by atoms with Crippen molar-refractivity contribution in [3.8, 4) is 5.75 Å². The van der Waals surface area contributed by atoms with Gasteiger partial charge in [0.1, 0.15) is 0 Å². The molecule has 214 valence electrons. The van der Waals surface area contributed by atoms with E-state index in [9.17, 15) is 5.11 Å². The normalized spacial score (nSPS) is 11.0. The molecule has 43 heavy (non-hydrogen) atoms. The predicted molar refractivity (Wildman–Crippen MR) is 180 cm³/mol. The van der Waals surface area contributed by atoms with Crippen molar-refractivity contribution in [2.75, 3.05) is 0 Å². The van der Waals surface area contributed by atoms with Crippen LogP contribution in [-0.4, -0.2) is 11.4 Å². The Morgan fingerprint density at radius 1 is 0.605 bits per heavy atom. The number of benzene rings is 6. The minimum atomic E-state index is -0.446. The summed E-state index contributed by atoms with van der Waals surface area (Å²) in [5, 5.41) is 22.4. The van der Waals surface area contributed by atoms with Crippen LogP contribution in [-0.2, 0) is 33.1 Å². The molecule has 6 aromatic carbocycles. The Kier molecular flexibility index (Phi) is 12.2. The molecule has 0 aliphatic carbocycles. The van der Waals surface area contributed by atoms with Gasteiger partial charge in [0.2, 0.25) is 0 Å². The maximum atomic E-state index is 12.0. The van der Waals surface area contributed by atoms with Gasteiger partial charge in [-0.2, -0.15) is 5.10 Å². The monoisotopic (exact) mass is 687 g/mol. The number of rotatable bonds is 6. The first-order valence-corrected chi connectivity index (χ1v) is 15.2. The van der Waals surface area contributed by atoms with Gasteiger partial charge in [-0.15, -0.1) is 0 Å². The third kappa shape index (κ3) is 9.16. The summed E-state index contributed by atoms with van der Waals surface area (Å²) in [7, 11) is -0.446. The van der Waals surface area contributed by atoms with Crippen molar-refractivity contribution in [1.29, 1.82) is 0 Å². The van der Waals surface area contributed by atoms with E-state index in [0.29, 0.717) is 5.56 Å². The summed E-state index contributed by atoms with van der Waals surface area (Å²) >= 11 is 5.09. The second-order valence-electron chi connectivity index (χ2n) is 9.20. The van der Waals surface area contributed by atoms with Crippen LogP contribution in [0.25, 0.3) is 10.8 Å². The summed E-state index contributed by atoms with van der Waals surface area (Å²) in [5.41, 5.74) is 3.89. The number of nitrogens with zero attached hydrogens (tertiary/aromatic N) is 2. The molecule has 6 aromatic rings. The van der Waals surface area contributed by atoms with E-state index in [1.165, 1.54) is 22.1 Å². The van der Waals surface area contributed by atoms with E-state index in [4.69, 9.17) is 12.6 Å². The fourth-order valence-corrected chi connectivity index (χ4v) is 6.78. The van der Waals surface area contributed by atoms with Crippen molar-refractivity contribution in [3.05, 3.63) is 163 Å². The molecule has 0 bridgehead atoms. The van der Waals surface area contributed by atoms with Gasteiger partial charge >= 0.3 is 20.4 Å². The summed E-state index contributed by atoms with van der Waals surface area (Å²) in [4.78, 5) is 4.19. The fraction of sp³-hybridized carbons (Fsp3) is 0.